The Balaban J connectivity index is 2.09. The minimum Gasteiger partial charge on any atom is -0.388 e. The van der Waals surface area contributed by atoms with Gasteiger partial charge in [-0.3, -0.25) is 0 Å². The maximum absolute atomic E-state index is 13.5. The standard InChI is InChI=1S/C13H11ClF2OS/c14-10-6-11(15)9(5-12(10)16)13(17)2-1-8-3-4-18-7-8/h3-7,13,17H,1-2H2. The quantitative estimate of drug-likeness (QED) is 0.830. The van der Waals surface area contributed by atoms with Gasteiger partial charge in [-0.25, -0.2) is 8.78 Å². The van der Waals surface area contributed by atoms with Crippen molar-refractivity contribution in [1.82, 2.24) is 0 Å². The number of thiophene rings is 1. The fourth-order valence-electron chi connectivity index (χ4n) is 1.69. The minimum absolute atomic E-state index is 0.0490. The van der Waals surface area contributed by atoms with Crippen molar-refractivity contribution in [3.8, 4) is 0 Å². The molecule has 1 N–H and O–H groups in total. The first-order valence-electron chi connectivity index (χ1n) is 5.41. The lowest BCUT2D eigenvalue weighted by Gasteiger charge is -2.12. The molecule has 0 spiro atoms. The van der Waals surface area contributed by atoms with Gasteiger partial charge in [0, 0.05) is 5.56 Å². The zero-order chi connectivity index (χ0) is 13.1. The van der Waals surface area contributed by atoms with Crippen molar-refractivity contribution in [3.63, 3.8) is 0 Å². The van der Waals surface area contributed by atoms with E-state index in [1.807, 2.05) is 16.8 Å². The molecule has 1 heterocycles. The van der Waals surface area contributed by atoms with Gasteiger partial charge < -0.3 is 5.11 Å². The van der Waals surface area contributed by atoms with Gasteiger partial charge in [-0.1, -0.05) is 11.6 Å². The molecule has 0 aliphatic heterocycles. The molecule has 0 aliphatic carbocycles. The SMILES string of the molecule is OC(CCc1ccsc1)c1cc(F)c(Cl)cc1F. The number of hydrogen-bond donors (Lipinski definition) is 1. The molecule has 96 valence electrons. The topological polar surface area (TPSA) is 20.2 Å². The second kappa shape index (κ2) is 5.78. The number of aryl methyl sites for hydroxylation is 1. The van der Waals surface area contributed by atoms with Gasteiger partial charge in [0.15, 0.2) is 0 Å². The molecule has 0 saturated carbocycles. The van der Waals surface area contributed by atoms with Crippen LogP contribution in [0, 0.1) is 11.6 Å². The molecule has 1 atom stereocenters. The number of aliphatic hydroxyl groups is 1. The Kier molecular flexibility index (Phi) is 4.32. The number of hydrogen-bond acceptors (Lipinski definition) is 2. The van der Waals surface area contributed by atoms with Gasteiger partial charge in [-0.2, -0.15) is 11.3 Å². The smallest absolute Gasteiger partial charge is 0.142 e. The van der Waals surface area contributed by atoms with Crippen LogP contribution in [0.15, 0.2) is 29.0 Å². The molecule has 0 aliphatic rings. The molecule has 2 aromatic rings. The van der Waals surface area contributed by atoms with Crippen LogP contribution >= 0.6 is 22.9 Å². The van der Waals surface area contributed by atoms with Gasteiger partial charge in [0.05, 0.1) is 11.1 Å². The molecule has 2 rings (SSSR count). The van der Waals surface area contributed by atoms with E-state index in [1.165, 1.54) is 0 Å². The summed E-state index contributed by atoms with van der Waals surface area (Å²) in [5.41, 5.74) is 1.03. The first kappa shape index (κ1) is 13.5. The maximum Gasteiger partial charge on any atom is 0.142 e. The highest BCUT2D eigenvalue weighted by molar-refractivity contribution is 7.07. The van der Waals surface area contributed by atoms with Gasteiger partial charge >= 0.3 is 0 Å². The van der Waals surface area contributed by atoms with Crippen LogP contribution < -0.4 is 0 Å². The Morgan fingerprint density at radius 3 is 2.72 bits per heavy atom. The monoisotopic (exact) mass is 288 g/mol. The van der Waals surface area contributed by atoms with Crippen LogP contribution in [-0.4, -0.2) is 5.11 Å². The molecule has 1 aromatic carbocycles. The minimum atomic E-state index is -1.03. The zero-order valence-electron chi connectivity index (χ0n) is 9.37. The highest BCUT2D eigenvalue weighted by Crippen LogP contribution is 2.26. The summed E-state index contributed by atoms with van der Waals surface area (Å²) in [7, 11) is 0. The normalized spacial score (nSPS) is 12.7. The van der Waals surface area contributed by atoms with Gasteiger partial charge in [0.1, 0.15) is 11.6 Å². The van der Waals surface area contributed by atoms with Crippen molar-refractivity contribution in [1.29, 1.82) is 0 Å². The summed E-state index contributed by atoms with van der Waals surface area (Å²) in [4.78, 5) is 0. The number of aliphatic hydroxyl groups excluding tert-OH is 1. The van der Waals surface area contributed by atoms with Gasteiger partial charge in [0.25, 0.3) is 0 Å². The van der Waals surface area contributed by atoms with Crippen LogP contribution in [0.5, 0.6) is 0 Å². The molecular formula is C13H11ClF2OS. The molecule has 1 aromatic heterocycles. The Hall–Kier alpha value is -0.970. The second-order valence-corrected chi connectivity index (χ2v) is 5.16. The van der Waals surface area contributed by atoms with E-state index in [9.17, 15) is 13.9 Å². The second-order valence-electron chi connectivity index (χ2n) is 3.97. The van der Waals surface area contributed by atoms with E-state index in [0.717, 1.165) is 17.7 Å². The molecule has 0 bridgehead atoms. The van der Waals surface area contributed by atoms with Crippen LogP contribution in [0.2, 0.25) is 5.02 Å². The summed E-state index contributed by atoms with van der Waals surface area (Å²) in [6, 6.07) is 3.78. The van der Waals surface area contributed by atoms with Crippen LogP contribution in [0.4, 0.5) is 8.78 Å². The van der Waals surface area contributed by atoms with Crippen molar-refractivity contribution >= 4 is 22.9 Å². The highest BCUT2D eigenvalue weighted by atomic mass is 35.5. The first-order chi connectivity index (χ1) is 8.58. The third-order valence-electron chi connectivity index (χ3n) is 2.69. The Bertz CT molecular complexity index is 528. The lowest BCUT2D eigenvalue weighted by Crippen LogP contribution is -2.03. The Morgan fingerprint density at radius 1 is 1.28 bits per heavy atom. The largest absolute Gasteiger partial charge is 0.388 e. The van der Waals surface area contributed by atoms with E-state index in [-0.39, 0.29) is 10.6 Å². The molecule has 0 radical (unpaired) electrons. The van der Waals surface area contributed by atoms with Gasteiger partial charge in [-0.05, 0) is 47.4 Å². The fourth-order valence-corrected chi connectivity index (χ4v) is 2.54. The lowest BCUT2D eigenvalue weighted by molar-refractivity contribution is 0.162. The van der Waals surface area contributed by atoms with E-state index in [2.05, 4.69) is 0 Å². The number of rotatable bonds is 4. The average molecular weight is 289 g/mol. The van der Waals surface area contributed by atoms with E-state index in [1.54, 1.807) is 11.3 Å². The van der Waals surface area contributed by atoms with E-state index in [4.69, 9.17) is 11.6 Å². The van der Waals surface area contributed by atoms with Crippen LogP contribution in [0.3, 0.4) is 0 Å². The van der Waals surface area contributed by atoms with Crippen LogP contribution in [0.25, 0.3) is 0 Å². The molecule has 0 saturated heterocycles. The van der Waals surface area contributed by atoms with Crippen molar-refractivity contribution in [2.75, 3.05) is 0 Å². The lowest BCUT2D eigenvalue weighted by atomic mass is 10.0. The average Bonchev–Trinajstić information content (AvgIpc) is 2.84. The molecule has 18 heavy (non-hydrogen) atoms. The van der Waals surface area contributed by atoms with Crippen LogP contribution in [0.1, 0.15) is 23.7 Å². The summed E-state index contributed by atoms with van der Waals surface area (Å²) in [5, 5.41) is 13.5. The summed E-state index contributed by atoms with van der Waals surface area (Å²) >= 11 is 7.02. The van der Waals surface area contributed by atoms with Crippen molar-refractivity contribution in [2.45, 2.75) is 18.9 Å². The molecule has 1 unspecified atom stereocenters. The number of benzene rings is 1. The zero-order valence-corrected chi connectivity index (χ0v) is 10.9. The summed E-state index contributed by atoms with van der Waals surface area (Å²) in [5.74, 6) is -1.40. The van der Waals surface area contributed by atoms with E-state index >= 15 is 0 Å². The predicted octanol–water partition coefficient (Wildman–Crippen LogP) is 4.35. The molecular weight excluding hydrogens is 278 g/mol. The summed E-state index contributed by atoms with van der Waals surface area (Å²) in [6.07, 6.45) is -0.0695. The van der Waals surface area contributed by atoms with Gasteiger partial charge in [0.2, 0.25) is 0 Å². The summed E-state index contributed by atoms with van der Waals surface area (Å²) < 4.78 is 26.8. The van der Waals surface area contributed by atoms with Crippen molar-refractivity contribution in [2.24, 2.45) is 0 Å². The third-order valence-corrected chi connectivity index (χ3v) is 3.71. The third kappa shape index (κ3) is 3.07. The Labute approximate surface area is 113 Å². The molecule has 0 amide bonds. The van der Waals surface area contributed by atoms with E-state index < -0.39 is 17.7 Å². The maximum atomic E-state index is 13.5. The molecule has 5 heteroatoms. The molecule has 0 fully saturated rings. The number of halogens is 3. The highest BCUT2D eigenvalue weighted by Gasteiger charge is 2.16. The first-order valence-corrected chi connectivity index (χ1v) is 6.73. The van der Waals surface area contributed by atoms with Crippen LogP contribution in [-0.2, 0) is 6.42 Å². The van der Waals surface area contributed by atoms with Crippen molar-refractivity contribution in [3.05, 3.63) is 56.7 Å². The Morgan fingerprint density at radius 2 is 2.06 bits per heavy atom. The van der Waals surface area contributed by atoms with Gasteiger partial charge in [-0.15, -0.1) is 0 Å². The van der Waals surface area contributed by atoms with E-state index in [0.29, 0.717) is 12.8 Å². The summed E-state index contributed by atoms with van der Waals surface area (Å²) in [6.45, 7) is 0. The molecule has 1 nitrogen and oxygen atoms in total. The fraction of sp³-hybridized carbons (Fsp3) is 0.231. The predicted molar refractivity (Wildman–Crippen MR) is 69.0 cm³/mol. The van der Waals surface area contributed by atoms with Crippen molar-refractivity contribution < 1.29 is 13.9 Å².